The maximum Gasteiger partial charge on any atom is 0.323 e. The first-order chi connectivity index (χ1) is 4.57. The standard InChI is InChI=1S/C7H14NO2/c1-5(2)4-6(8)7(9)10-3/h5-6H,3-4,8H2,1-2H3/t6-/m0/s1. The Morgan fingerprint density at radius 1 is 1.70 bits per heavy atom. The van der Waals surface area contributed by atoms with Gasteiger partial charge in [-0.25, -0.2) is 0 Å². The van der Waals surface area contributed by atoms with Crippen molar-refractivity contribution in [1.82, 2.24) is 0 Å². The fourth-order valence-electron chi connectivity index (χ4n) is 0.711. The number of esters is 1. The first kappa shape index (κ1) is 9.43. The third kappa shape index (κ3) is 3.45. The summed E-state index contributed by atoms with van der Waals surface area (Å²) in [7, 11) is 2.98. The molecule has 0 aromatic rings. The Labute approximate surface area is 61.5 Å². The Morgan fingerprint density at radius 2 is 2.20 bits per heavy atom. The molecule has 0 aromatic carbocycles. The van der Waals surface area contributed by atoms with Crippen molar-refractivity contribution in [3.8, 4) is 0 Å². The zero-order valence-corrected chi connectivity index (χ0v) is 6.46. The van der Waals surface area contributed by atoms with Gasteiger partial charge in [0.05, 0.1) is 0 Å². The molecule has 0 fully saturated rings. The highest BCUT2D eigenvalue weighted by Crippen LogP contribution is 2.03. The van der Waals surface area contributed by atoms with Crippen LogP contribution in [-0.4, -0.2) is 12.0 Å². The smallest absolute Gasteiger partial charge is 0.323 e. The fourth-order valence-corrected chi connectivity index (χ4v) is 0.711. The van der Waals surface area contributed by atoms with Gasteiger partial charge in [0.15, 0.2) is 0 Å². The van der Waals surface area contributed by atoms with E-state index < -0.39 is 12.0 Å². The summed E-state index contributed by atoms with van der Waals surface area (Å²) in [5.41, 5.74) is 5.41. The summed E-state index contributed by atoms with van der Waals surface area (Å²) < 4.78 is 4.20. The van der Waals surface area contributed by atoms with E-state index in [-0.39, 0.29) is 0 Å². The van der Waals surface area contributed by atoms with Gasteiger partial charge in [0.1, 0.15) is 13.2 Å². The van der Waals surface area contributed by atoms with Gasteiger partial charge in [-0.1, -0.05) is 13.8 Å². The molecular weight excluding hydrogens is 130 g/mol. The van der Waals surface area contributed by atoms with Crippen molar-refractivity contribution in [2.75, 3.05) is 0 Å². The zero-order chi connectivity index (χ0) is 8.15. The van der Waals surface area contributed by atoms with Crippen LogP contribution in [0, 0.1) is 13.0 Å². The van der Waals surface area contributed by atoms with Crippen LogP contribution < -0.4 is 5.73 Å². The van der Waals surface area contributed by atoms with Crippen LogP contribution in [-0.2, 0) is 9.53 Å². The van der Waals surface area contributed by atoms with Crippen LogP contribution in [0.25, 0.3) is 0 Å². The number of rotatable bonds is 3. The highest BCUT2D eigenvalue weighted by Gasteiger charge is 2.14. The number of nitrogens with two attached hydrogens (primary N) is 1. The molecule has 0 aliphatic carbocycles. The predicted octanol–water partition coefficient (Wildman–Crippen LogP) is 0.695. The van der Waals surface area contributed by atoms with Crippen LogP contribution in [0.4, 0.5) is 0 Å². The predicted molar refractivity (Wildman–Crippen MR) is 38.9 cm³/mol. The van der Waals surface area contributed by atoms with Gasteiger partial charge < -0.3 is 10.5 Å². The minimum atomic E-state index is -0.516. The van der Waals surface area contributed by atoms with Gasteiger partial charge in [0, 0.05) is 0 Å². The Hall–Kier alpha value is -0.570. The highest BCUT2D eigenvalue weighted by atomic mass is 16.5. The number of carbonyl (C=O) groups excluding carboxylic acids is 1. The van der Waals surface area contributed by atoms with E-state index in [0.717, 1.165) is 0 Å². The molecule has 0 amide bonds. The monoisotopic (exact) mass is 144 g/mol. The largest absolute Gasteiger partial charge is 0.461 e. The van der Waals surface area contributed by atoms with Gasteiger partial charge in [0.25, 0.3) is 0 Å². The number of ether oxygens (including phenoxy) is 1. The van der Waals surface area contributed by atoms with Crippen molar-refractivity contribution in [2.45, 2.75) is 26.3 Å². The van der Waals surface area contributed by atoms with E-state index in [4.69, 9.17) is 5.73 Å². The molecular formula is C7H14NO2. The molecule has 3 nitrogen and oxygen atoms in total. The zero-order valence-electron chi connectivity index (χ0n) is 6.46. The van der Waals surface area contributed by atoms with E-state index >= 15 is 0 Å². The lowest BCUT2D eigenvalue weighted by Gasteiger charge is -2.10. The van der Waals surface area contributed by atoms with Crippen LogP contribution in [0.3, 0.4) is 0 Å². The molecule has 59 valence electrons. The molecule has 1 radical (unpaired) electrons. The molecule has 10 heavy (non-hydrogen) atoms. The minimum absolute atomic E-state index is 0.411. The van der Waals surface area contributed by atoms with Crippen LogP contribution in [0.15, 0.2) is 0 Å². The van der Waals surface area contributed by atoms with Gasteiger partial charge in [-0.2, -0.15) is 0 Å². The lowest BCUT2D eigenvalue weighted by Crippen LogP contribution is -2.32. The number of hydrogen-bond acceptors (Lipinski definition) is 3. The van der Waals surface area contributed by atoms with Gasteiger partial charge in [-0.15, -0.1) is 0 Å². The van der Waals surface area contributed by atoms with E-state index in [9.17, 15) is 4.79 Å². The molecule has 0 unspecified atom stereocenters. The van der Waals surface area contributed by atoms with Crippen LogP contribution in [0.5, 0.6) is 0 Å². The summed E-state index contributed by atoms with van der Waals surface area (Å²) >= 11 is 0. The van der Waals surface area contributed by atoms with E-state index in [1.54, 1.807) is 0 Å². The molecule has 0 saturated carbocycles. The van der Waals surface area contributed by atoms with Crippen molar-refractivity contribution in [2.24, 2.45) is 11.7 Å². The molecule has 0 spiro atoms. The average Bonchev–Trinajstić information content (AvgIpc) is 1.85. The average molecular weight is 144 g/mol. The maximum atomic E-state index is 10.6. The van der Waals surface area contributed by atoms with Crippen LogP contribution >= 0.6 is 0 Å². The first-order valence-electron chi connectivity index (χ1n) is 3.29. The molecule has 0 aliphatic rings. The van der Waals surface area contributed by atoms with E-state index in [1.165, 1.54) is 0 Å². The van der Waals surface area contributed by atoms with Crippen LogP contribution in [0.1, 0.15) is 20.3 Å². The molecule has 0 aromatic heterocycles. The van der Waals surface area contributed by atoms with Gasteiger partial charge in [-0.05, 0) is 12.3 Å². The van der Waals surface area contributed by atoms with E-state index in [1.807, 2.05) is 13.8 Å². The Balaban J connectivity index is 3.61. The Kier molecular flexibility index (Phi) is 4.03. The molecule has 0 rings (SSSR count). The molecule has 0 bridgehead atoms. The molecule has 0 saturated heterocycles. The summed E-state index contributed by atoms with van der Waals surface area (Å²) in [5, 5.41) is 0. The number of hydrogen-bond donors (Lipinski definition) is 1. The minimum Gasteiger partial charge on any atom is -0.461 e. The second-order valence-corrected chi connectivity index (χ2v) is 2.70. The molecule has 0 heterocycles. The lowest BCUT2D eigenvalue weighted by atomic mass is 10.1. The van der Waals surface area contributed by atoms with Gasteiger partial charge >= 0.3 is 5.97 Å². The molecule has 2 N–H and O–H groups in total. The summed E-state index contributed by atoms with van der Waals surface area (Å²) in [6.45, 7) is 3.99. The SMILES string of the molecule is [CH2]OC(=O)[C@@H](N)CC(C)C. The first-order valence-corrected chi connectivity index (χ1v) is 3.29. The maximum absolute atomic E-state index is 10.6. The van der Waals surface area contributed by atoms with E-state index in [2.05, 4.69) is 11.8 Å². The van der Waals surface area contributed by atoms with Gasteiger partial charge in [0.2, 0.25) is 0 Å². The van der Waals surface area contributed by atoms with Crippen molar-refractivity contribution in [3.05, 3.63) is 7.11 Å². The van der Waals surface area contributed by atoms with Crippen molar-refractivity contribution in [3.63, 3.8) is 0 Å². The molecule has 0 aliphatic heterocycles. The summed E-state index contributed by atoms with van der Waals surface area (Å²) in [6.07, 6.45) is 0.647. The van der Waals surface area contributed by atoms with Crippen molar-refractivity contribution < 1.29 is 9.53 Å². The third-order valence-electron chi connectivity index (χ3n) is 1.17. The number of carbonyl (C=O) groups is 1. The van der Waals surface area contributed by atoms with Crippen molar-refractivity contribution >= 4 is 5.97 Å². The summed E-state index contributed by atoms with van der Waals surface area (Å²) in [4.78, 5) is 10.6. The lowest BCUT2D eigenvalue weighted by molar-refractivity contribution is -0.140. The van der Waals surface area contributed by atoms with E-state index in [0.29, 0.717) is 12.3 Å². The molecule has 1 atom stereocenters. The summed E-state index contributed by atoms with van der Waals surface area (Å²) in [5.74, 6) is -0.0252. The highest BCUT2D eigenvalue weighted by molar-refractivity contribution is 5.75. The Bertz CT molecular complexity index is 112. The summed E-state index contributed by atoms with van der Waals surface area (Å²) in [6, 6.07) is -0.516. The second kappa shape index (κ2) is 4.28. The van der Waals surface area contributed by atoms with Crippen molar-refractivity contribution in [1.29, 1.82) is 0 Å². The van der Waals surface area contributed by atoms with Gasteiger partial charge in [-0.3, -0.25) is 4.79 Å². The fraction of sp³-hybridized carbons (Fsp3) is 0.714. The Morgan fingerprint density at radius 3 is 2.50 bits per heavy atom. The normalized spacial score (nSPS) is 13.3. The molecule has 3 heteroatoms. The van der Waals surface area contributed by atoms with Crippen LogP contribution in [0.2, 0.25) is 0 Å². The second-order valence-electron chi connectivity index (χ2n) is 2.70. The third-order valence-corrected chi connectivity index (χ3v) is 1.17. The topological polar surface area (TPSA) is 52.3 Å². The quantitative estimate of drug-likeness (QED) is 0.593.